The first-order chi connectivity index (χ1) is 7.38. The highest BCUT2D eigenvalue weighted by Crippen LogP contribution is 2.27. The predicted octanol–water partition coefficient (Wildman–Crippen LogP) is 4.23. The highest BCUT2D eigenvalue weighted by molar-refractivity contribution is 5.33. The molecule has 0 amide bonds. The van der Waals surface area contributed by atoms with Crippen LogP contribution in [0.3, 0.4) is 0 Å². The Morgan fingerprint density at radius 2 is 1.80 bits per heavy atom. The van der Waals surface area contributed by atoms with Crippen molar-refractivity contribution in [2.75, 3.05) is 0 Å². The van der Waals surface area contributed by atoms with E-state index in [9.17, 15) is 0 Å². The third-order valence-corrected chi connectivity index (χ3v) is 2.88. The zero-order valence-corrected chi connectivity index (χ0v) is 9.06. The Morgan fingerprint density at radius 3 is 2.60 bits per heavy atom. The summed E-state index contributed by atoms with van der Waals surface area (Å²) in [6.45, 7) is 2.27. The van der Waals surface area contributed by atoms with Crippen molar-refractivity contribution < 1.29 is 0 Å². The Balaban J connectivity index is 2.21. The molecule has 0 bridgehead atoms. The van der Waals surface area contributed by atoms with Crippen LogP contribution in [0, 0.1) is 0 Å². The molecule has 1 aliphatic rings. The molecule has 0 radical (unpaired) electrons. The van der Waals surface area contributed by atoms with Crippen LogP contribution in [0.2, 0.25) is 0 Å². The lowest BCUT2D eigenvalue weighted by Gasteiger charge is -2.14. The maximum absolute atomic E-state index is 2.27. The van der Waals surface area contributed by atoms with Crippen LogP contribution in [0.25, 0.3) is 0 Å². The molecule has 1 aromatic rings. The molecule has 0 saturated carbocycles. The maximum Gasteiger partial charge on any atom is 0.00260 e. The van der Waals surface area contributed by atoms with E-state index in [0.29, 0.717) is 5.92 Å². The number of hydrogen-bond acceptors (Lipinski definition) is 0. The quantitative estimate of drug-likeness (QED) is 0.664. The van der Waals surface area contributed by atoms with Crippen molar-refractivity contribution in [1.29, 1.82) is 0 Å². The van der Waals surface area contributed by atoms with Crippen molar-refractivity contribution in [1.82, 2.24) is 0 Å². The third-order valence-electron chi connectivity index (χ3n) is 2.88. The lowest BCUT2D eigenvalue weighted by Crippen LogP contribution is -1.96. The second-order valence-corrected chi connectivity index (χ2v) is 3.89. The summed E-state index contributed by atoms with van der Waals surface area (Å²) in [6.07, 6.45) is 11.8. The van der Waals surface area contributed by atoms with Crippen molar-refractivity contribution >= 4 is 0 Å². The van der Waals surface area contributed by atoms with Gasteiger partial charge in [0.15, 0.2) is 0 Å². The number of benzene rings is 1. The van der Waals surface area contributed by atoms with Crippen molar-refractivity contribution in [2.24, 2.45) is 0 Å². The average Bonchev–Trinajstić information content (AvgIpc) is 2.58. The second-order valence-electron chi connectivity index (χ2n) is 3.89. The zero-order chi connectivity index (χ0) is 10.5. The van der Waals surface area contributed by atoms with Crippen LogP contribution in [-0.2, 0) is 0 Å². The van der Waals surface area contributed by atoms with Gasteiger partial charge in [0.1, 0.15) is 0 Å². The Morgan fingerprint density at radius 1 is 1.00 bits per heavy atom. The van der Waals surface area contributed by atoms with Gasteiger partial charge in [-0.3, -0.25) is 0 Å². The van der Waals surface area contributed by atoms with E-state index in [1.807, 2.05) is 0 Å². The molecule has 0 N–H and O–H groups in total. The van der Waals surface area contributed by atoms with Crippen molar-refractivity contribution in [2.45, 2.75) is 19.3 Å². The largest absolute Gasteiger partial charge is 0.0804 e. The molecule has 2 rings (SSSR count). The average molecular weight is 196 g/mol. The Bertz CT molecular complexity index is 393. The summed E-state index contributed by atoms with van der Waals surface area (Å²) >= 11 is 0. The number of hydrogen-bond donors (Lipinski definition) is 0. The lowest BCUT2D eigenvalue weighted by atomic mass is 9.91. The van der Waals surface area contributed by atoms with E-state index in [0.717, 1.165) is 6.42 Å². The van der Waals surface area contributed by atoms with Crippen LogP contribution < -0.4 is 0 Å². The van der Waals surface area contributed by atoms with Gasteiger partial charge in [-0.05, 0) is 12.0 Å². The molecule has 0 aliphatic heterocycles. The van der Waals surface area contributed by atoms with Gasteiger partial charge in [0.2, 0.25) is 0 Å². The van der Waals surface area contributed by atoms with Crippen LogP contribution in [0.4, 0.5) is 0 Å². The summed E-state index contributed by atoms with van der Waals surface area (Å²) < 4.78 is 0. The molecule has 0 heteroatoms. The van der Waals surface area contributed by atoms with E-state index in [2.05, 4.69) is 67.6 Å². The Labute approximate surface area is 91.6 Å². The molecule has 0 heterocycles. The SMILES string of the molecule is CC(C1=CC=CC=CC1)c1ccccc1. The van der Waals surface area contributed by atoms with Crippen LogP contribution in [0.5, 0.6) is 0 Å². The van der Waals surface area contributed by atoms with Crippen molar-refractivity contribution in [3.8, 4) is 0 Å². The number of rotatable bonds is 2. The molecule has 0 saturated heterocycles. The van der Waals surface area contributed by atoms with Crippen LogP contribution in [0.15, 0.2) is 66.3 Å². The molecule has 0 spiro atoms. The minimum Gasteiger partial charge on any atom is -0.0804 e. The molecule has 0 nitrogen and oxygen atoms in total. The molecule has 15 heavy (non-hydrogen) atoms. The third kappa shape index (κ3) is 2.47. The summed E-state index contributed by atoms with van der Waals surface area (Å²) in [4.78, 5) is 0. The summed E-state index contributed by atoms with van der Waals surface area (Å²) in [5.74, 6) is 0.513. The maximum atomic E-state index is 2.27. The van der Waals surface area contributed by atoms with Gasteiger partial charge in [-0.1, -0.05) is 73.2 Å². The van der Waals surface area contributed by atoms with E-state index in [1.165, 1.54) is 11.1 Å². The summed E-state index contributed by atoms with van der Waals surface area (Å²) in [6, 6.07) is 10.7. The van der Waals surface area contributed by atoms with Gasteiger partial charge >= 0.3 is 0 Å². The Hall–Kier alpha value is -1.56. The fourth-order valence-electron chi connectivity index (χ4n) is 1.87. The van der Waals surface area contributed by atoms with Crippen molar-refractivity contribution in [3.05, 3.63) is 71.8 Å². The van der Waals surface area contributed by atoms with Gasteiger partial charge in [-0.15, -0.1) is 0 Å². The molecule has 76 valence electrons. The van der Waals surface area contributed by atoms with Crippen LogP contribution in [0.1, 0.15) is 24.8 Å². The van der Waals surface area contributed by atoms with E-state index in [-0.39, 0.29) is 0 Å². The molecular weight excluding hydrogens is 180 g/mol. The molecule has 1 unspecified atom stereocenters. The fraction of sp³-hybridized carbons (Fsp3) is 0.200. The molecule has 1 aromatic carbocycles. The predicted molar refractivity (Wildman–Crippen MR) is 65.8 cm³/mol. The molecule has 1 aliphatic carbocycles. The second kappa shape index (κ2) is 4.79. The Kier molecular flexibility index (Phi) is 3.18. The van der Waals surface area contributed by atoms with Gasteiger partial charge in [-0.2, -0.15) is 0 Å². The molecule has 0 fully saturated rings. The highest BCUT2D eigenvalue weighted by Gasteiger charge is 2.09. The van der Waals surface area contributed by atoms with Crippen LogP contribution in [-0.4, -0.2) is 0 Å². The number of allylic oxidation sites excluding steroid dienone is 6. The summed E-state index contributed by atoms with van der Waals surface area (Å²) in [7, 11) is 0. The van der Waals surface area contributed by atoms with Crippen LogP contribution >= 0.6 is 0 Å². The van der Waals surface area contributed by atoms with Gasteiger partial charge < -0.3 is 0 Å². The molecule has 0 aromatic heterocycles. The minimum atomic E-state index is 0.513. The van der Waals surface area contributed by atoms with Crippen molar-refractivity contribution in [3.63, 3.8) is 0 Å². The zero-order valence-electron chi connectivity index (χ0n) is 9.06. The lowest BCUT2D eigenvalue weighted by molar-refractivity contribution is 0.863. The van der Waals surface area contributed by atoms with Gasteiger partial charge in [0.05, 0.1) is 0 Å². The summed E-state index contributed by atoms with van der Waals surface area (Å²) in [5.41, 5.74) is 2.87. The summed E-state index contributed by atoms with van der Waals surface area (Å²) in [5, 5.41) is 0. The molecular formula is C15H16. The van der Waals surface area contributed by atoms with E-state index in [4.69, 9.17) is 0 Å². The van der Waals surface area contributed by atoms with E-state index < -0.39 is 0 Å². The minimum absolute atomic E-state index is 0.513. The first kappa shape index (κ1) is 9.97. The van der Waals surface area contributed by atoms with Gasteiger partial charge in [-0.25, -0.2) is 0 Å². The monoisotopic (exact) mass is 196 g/mol. The molecule has 1 atom stereocenters. The normalized spacial score (nSPS) is 17.0. The standard InChI is InChI=1S/C15H16/c1-13(15-11-7-4-8-12-15)14-9-5-2-3-6-10-14/h2-9,11-13H,10H2,1H3. The smallest absolute Gasteiger partial charge is 0.00260 e. The highest BCUT2D eigenvalue weighted by atomic mass is 14.1. The van der Waals surface area contributed by atoms with E-state index in [1.54, 1.807) is 0 Å². The topological polar surface area (TPSA) is 0 Å². The van der Waals surface area contributed by atoms with Gasteiger partial charge in [0.25, 0.3) is 0 Å². The fourth-order valence-corrected chi connectivity index (χ4v) is 1.87. The first-order valence-corrected chi connectivity index (χ1v) is 5.45. The van der Waals surface area contributed by atoms with Gasteiger partial charge in [0, 0.05) is 5.92 Å². The van der Waals surface area contributed by atoms with E-state index >= 15 is 0 Å². The first-order valence-electron chi connectivity index (χ1n) is 5.45.